The van der Waals surface area contributed by atoms with E-state index in [1.165, 1.54) is 25.2 Å². The maximum Gasteiger partial charge on any atom is 0.339 e. The highest BCUT2D eigenvalue weighted by Gasteiger charge is 2.37. The van der Waals surface area contributed by atoms with Gasteiger partial charge in [0.1, 0.15) is 5.82 Å². The molecule has 30 heavy (non-hydrogen) atoms. The van der Waals surface area contributed by atoms with E-state index in [0.717, 1.165) is 22.7 Å². The standard InChI is InChI=1S/C20H16ClFN2O5S/c1-24-18(26)9-16(19(24)27)30-15-5-3-2-4-12(15)20(28)29-10-17(25)23-11-6-7-14(22)13(21)8-11/h2-8,16H,9-10H2,1H3,(H,23,25). The number of imide groups is 1. The number of ether oxygens (including phenoxy) is 1. The molecule has 156 valence electrons. The van der Waals surface area contributed by atoms with Gasteiger partial charge in [0.05, 0.1) is 15.8 Å². The predicted octanol–water partition coefficient (Wildman–Crippen LogP) is 3.12. The summed E-state index contributed by atoms with van der Waals surface area (Å²) in [7, 11) is 1.41. The van der Waals surface area contributed by atoms with E-state index < -0.39 is 29.6 Å². The summed E-state index contributed by atoms with van der Waals surface area (Å²) >= 11 is 6.76. The van der Waals surface area contributed by atoms with Crippen molar-refractivity contribution in [1.29, 1.82) is 0 Å². The summed E-state index contributed by atoms with van der Waals surface area (Å²) in [5.41, 5.74) is 0.432. The van der Waals surface area contributed by atoms with E-state index in [2.05, 4.69) is 5.32 Å². The van der Waals surface area contributed by atoms with E-state index in [-0.39, 0.29) is 34.5 Å². The van der Waals surface area contributed by atoms with Crippen LogP contribution in [0.3, 0.4) is 0 Å². The highest BCUT2D eigenvalue weighted by atomic mass is 35.5. The fraction of sp³-hybridized carbons (Fsp3) is 0.200. The van der Waals surface area contributed by atoms with Gasteiger partial charge in [-0.1, -0.05) is 23.7 Å². The van der Waals surface area contributed by atoms with Crippen molar-refractivity contribution in [3.63, 3.8) is 0 Å². The molecule has 1 saturated heterocycles. The topological polar surface area (TPSA) is 92.8 Å². The highest BCUT2D eigenvalue weighted by molar-refractivity contribution is 8.00. The average Bonchev–Trinajstić information content (AvgIpc) is 2.96. The molecule has 0 radical (unpaired) electrons. The van der Waals surface area contributed by atoms with Gasteiger partial charge in [-0.2, -0.15) is 0 Å². The molecule has 1 heterocycles. The number of likely N-dealkylation sites (tertiary alicyclic amines) is 1. The van der Waals surface area contributed by atoms with E-state index >= 15 is 0 Å². The van der Waals surface area contributed by atoms with Gasteiger partial charge in [-0.25, -0.2) is 9.18 Å². The smallest absolute Gasteiger partial charge is 0.339 e. The van der Waals surface area contributed by atoms with Crippen molar-refractivity contribution in [2.24, 2.45) is 0 Å². The number of anilines is 1. The Morgan fingerprint density at radius 1 is 1.27 bits per heavy atom. The fourth-order valence-electron chi connectivity index (χ4n) is 2.68. The van der Waals surface area contributed by atoms with Gasteiger partial charge in [-0.3, -0.25) is 19.3 Å². The van der Waals surface area contributed by atoms with Crippen LogP contribution in [-0.4, -0.2) is 47.5 Å². The molecule has 1 atom stereocenters. The molecule has 3 amide bonds. The second-order valence-electron chi connectivity index (χ2n) is 6.35. The molecule has 7 nitrogen and oxygen atoms in total. The van der Waals surface area contributed by atoms with Gasteiger partial charge in [0, 0.05) is 24.1 Å². The van der Waals surface area contributed by atoms with Gasteiger partial charge < -0.3 is 10.1 Å². The van der Waals surface area contributed by atoms with Crippen LogP contribution in [0.5, 0.6) is 0 Å². The number of thioether (sulfide) groups is 1. The first-order chi connectivity index (χ1) is 14.3. The van der Waals surface area contributed by atoms with Crippen LogP contribution in [0.15, 0.2) is 47.4 Å². The quantitative estimate of drug-likeness (QED) is 0.537. The number of nitrogens with zero attached hydrogens (tertiary/aromatic N) is 1. The minimum atomic E-state index is -0.754. The largest absolute Gasteiger partial charge is 0.452 e. The third-order valence-corrected chi connectivity index (χ3v) is 5.81. The molecule has 0 spiro atoms. The first-order valence-electron chi connectivity index (χ1n) is 8.74. The normalized spacial score (nSPS) is 16.0. The summed E-state index contributed by atoms with van der Waals surface area (Å²) in [5.74, 6) is -2.62. The first-order valence-corrected chi connectivity index (χ1v) is 10.00. The van der Waals surface area contributed by atoms with E-state index in [1.54, 1.807) is 18.2 Å². The van der Waals surface area contributed by atoms with E-state index in [4.69, 9.17) is 16.3 Å². The van der Waals surface area contributed by atoms with E-state index in [9.17, 15) is 23.6 Å². The van der Waals surface area contributed by atoms with Crippen LogP contribution in [0.25, 0.3) is 0 Å². The summed E-state index contributed by atoms with van der Waals surface area (Å²) in [6.07, 6.45) is 0.0476. The molecule has 1 N–H and O–H groups in total. The van der Waals surface area contributed by atoms with Crippen molar-refractivity contribution in [2.45, 2.75) is 16.6 Å². The molecule has 1 aliphatic rings. The Bertz CT molecular complexity index is 1030. The van der Waals surface area contributed by atoms with Gasteiger partial charge in [0.25, 0.3) is 5.91 Å². The molecule has 1 fully saturated rings. The number of carbonyl (C=O) groups is 4. The Morgan fingerprint density at radius 3 is 2.67 bits per heavy atom. The molecule has 3 rings (SSSR count). The number of esters is 1. The second kappa shape index (κ2) is 9.27. The second-order valence-corrected chi connectivity index (χ2v) is 8.00. The van der Waals surface area contributed by atoms with Crippen LogP contribution in [0.4, 0.5) is 10.1 Å². The minimum absolute atomic E-state index is 0.0476. The van der Waals surface area contributed by atoms with Crippen molar-refractivity contribution in [3.8, 4) is 0 Å². The number of benzene rings is 2. The Morgan fingerprint density at radius 2 is 2.00 bits per heavy atom. The average molecular weight is 451 g/mol. The summed E-state index contributed by atoms with van der Waals surface area (Å²) in [6.45, 7) is -0.573. The monoisotopic (exact) mass is 450 g/mol. The highest BCUT2D eigenvalue weighted by Crippen LogP contribution is 2.33. The molecule has 0 aliphatic carbocycles. The van der Waals surface area contributed by atoms with Gasteiger partial charge in [0.15, 0.2) is 6.61 Å². The van der Waals surface area contributed by atoms with Crippen LogP contribution in [0.1, 0.15) is 16.8 Å². The van der Waals surface area contributed by atoms with Crippen LogP contribution < -0.4 is 5.32 Å². The number of hydrogen-bond donors (Lipinski definition) is 1. The van der Waals surface area contributed by atoms with Gasteiger partial charge in [-0.15, -0.1) is 11.8 Å². The number of hydrogen-bond acceptors (Lipinski definition) is 6. The molecular weight excluding hydrogens is 435 g/mol. The van der Waals surface area contributed by atoms with Crippen molar-refractivity contribution in [2.75, 3.05) is 19.0 Å². The molecule has 10 heteroatoms. The zero-order valence-corrected chi connectivity index (χ0v) is 17.3. The van der Waals surface area contributed by atoms with Crippen molar-refractivity contribution in [1.82, 2.24) is 4.90 Å². The molecule has 2 aromatic rings. The van der Waals surface area contributed by atoms with Gasteiger partial charge in [-0.05, 0) is 30.3 Å². The lowest BCUT2D eigenvalue weighted by atomic mass is 10.2. The van der Waals surface area contributed by atoms with Crippen LogP contribution >= 0.6 is 23.4 Å². The third-order valence-electron chi connectivity index (χ3n) is 4.25. The Labute approximate surface area is 180 Å². The first kappa shape index (κ1) is 21.8. The summed E-state index contributed by atoms with van der Waals surface area (Å²) in [5, 5.41) is 1.67. The lowest BCUT2D eigenvalue weighted by Gasteiger charge is -2.12. The molecule has 0 saturated carbocycles. The maximum atomic E-state index is 13.2. The zero-order chi connectivity index (χ0) is 21.8. The number of carbonyl (C=O) groups excluding carboxylic acids is 4. The number of amides is 3. The molecule has 0 bridgehead atoms. The van der Waals surface area contributed by atoms with Crippen molar-refractivity contribution < 1.29 is 28.3 Å². The molecule has 0 aromatic heterocycles. The molecule has 2 aromatic carbocycles. The van der Waals surface area contributed by atoms with E-state index in [1.807, 2.05) is 0 Å². The summed E-state index contributed by atoms with van der Waals surface area (Å²) in [6, 6.07) is 10.1. The molecule has 1 unspecified atom stereocenters. The van der Waals surface area contributed by atoms with Crippen LogP contribution in [0, 0.1) is 5.82 Å². The van der Waals surface area contributed by atoms with Gasteiger partial charge >= 0.3 is 5.97 Å². The number of halogens is 2. The fourth-order valence-corrected chi connectivity index (χ4v) is 4.09. The lowest BCUT2D eigenvalue weighted by Crippen LogP contribution is -2.26. The third kappa shape index (κ3) is 4.98. The molecular formula is C20H16ClFN2O5S. The Hall–Kier alpha value is -2.91. The minimum Gasteiger partial charge on any atom is -0.452 e. The van der Waals surface area contributed by atoms with Crippen molar-refractivity contribution >= 4 is 52.7 Å². The van der Waals surface area contributed by atoms with Crippen LogP contribution in [0.2, 0.25) is 5.02 Å². The predicted molar refractivity (Wildman–Crippen MR) is 109 cm³/mol. The SMILES string of the molecule is CN1C(=O)CC(Sc2ccccc2C(=O)OCC(=O)Nc2ccc(F)c(Cl)c2)C1=O. The van der Waals surface area contributed by atoms with Crippen LogP contribution in [-0.2, 0) is 19.1 Å². The zero-order valence-electron chi connectivity index (χ0n) is 15.7. The molecule has 1 aliphatic heterocycles. The maximum absolute atomic E-state index is 13.2. The number of nitrogens with one attached hydrogen (secondary N) is 1. The summed E-state index contributed by atoms with van der Waals surface area (Å²) < 4.78 is 18.2. The summed E-state index contributed by atoms with van der Waals surface area (Å²) in [4.78, 5) is 49.8. The number of rotatable bonds is 6. The Balaban J connectivity index is 1.61. The van der Waals surface area contributed by atoms with E-state index in [0.29, 0.717) is 4.90 Å². The Kier molecular flexibility index (Phi) is 6.73. The van der Waals surface area contributed by atoms with Gasteiger partial charge in [0.2, 0.25) is 11.8 Å². The van der Waals surface area contributed by atoms with Crippen molar-refractivity contribution in [3.05, 3.63) is 58.9 Å². The lowest BCUT2D eigenvalue weighted by molar-refractivity contribution is -0.136.